The highest BCUT2D eigenvalue weighted by Crippen LogP contribution is 2.24. The van der Waals surface area contributed by atoms with Gasteiger partial charge in [0, 0.05) is 39.1 Å². The number of methoxy groups -OCH3 is 1. The fourth-order valence-electron chi connectivity index (χ4n) is 3.70. The van der Waals surface area contributed by atoms with Crippen LogP contribution in [0.1, 0.15) is 31.3 Å². The normalized spacial score (nSPS) is 16.2. The van der Waals surface area contributed by atoms with Crippen LogP contribution in [0.3, 0.4) is 0 Å². The molecule has 1 unspecified atom stereocenters. The van der Waals surface area contributed by atoms with Crippen LogP contribution in [0.2, 0.25) is 0 Å². The fraction of sp³-hybridized carbons (Fsp3) is 0.591. The summed E-state index contributed by atoms with van der Waals surface area (Å²) >= 11 is 0. The number of nitrogens with one attached hydrogen (secondary N) is 2. The van der Waals surface area contributed by atoms with Crippen molar-refractivity contribution in [1.29, 1.82) is 0 Å². The molecular formula is C22H35N7O2. The van der Waals surface area contributed by atoms with Crippen LogP contribution >= 0.6 is 0 Å². The summed E-state index contributed by atoms with van der Waals surface area (Å²) in [5, 5.41) is 14.9. The maximum absolute atomic E-state index is 5.56. The van der Waals surface area contributed by atoms with Crippen LogP contribution in [0, 0.1) is 0 Å². The molecule has 9 nitrogen and oxygen atoms in total. The molecule has 0 spiro atoms. The van der Waals surface area contributed by atoms with Gasteiger partial charge in [-0.25, -0.2) is 0 Å². The van der Waals surface area contributed by atoms with Crippen molar-refractivity contribution in [2.24, 2.45) is 4.99 Å². The zero-order valence-corrected chi connectivity index (χ0v) is 18.9. The van der Waals surface area contributed by atoms with E-state index in [0.717, 1.165) is 69.9 Å². The van der Waals surface area contributed by atoms with Crippen molar-refractivity contribution in [3.05, 3.63) is 42.0 Å². The van der Waals surface area contributed by atoms with Gasteiger partial charge in [-0.2, -0.15) is 0 Å². The zero-order chi connectivity index (χ0) is 21.9. The fourth-order valence-corrected chi connectivity index (χ4v) is 3.70. The Morgan fingerprint density at radius 3 is 2.65 bits per heavy atom. The predicted octanol–water partition coefficient (Wildman–Crippen LogP) is 1.48. The molecule has 0 bridgehead atoms. The second-order valence-electron chi connectivity index (χ2n) is 7.38. The Labute approximate surface area is 184 Å². The van der Waals surface area contributed by atoms with E-state index in [2.05, 4.69) is 56.3 Å². The third-order valence-corrected chi connectivity index (χ3v) is 5.41. The average molecular weight is 430 g/mol. The maximum Gasteiger partial charge on any atom is 0.191 e. The van der Waals surface area contributed by atoms with Crippen molar-refractivity contribution in [2.75, 3.05) is 53.0 Å². The SMILES string of the molecule is CCNC(=NCC(c1ccc(OC)cc1)N1CCOCC1)NCCn1cnnc1CC. The minimum absolute atomic E-state index is 0.190. The van der Waals surface area contributed by atoms with Crippen LogP contribution in [-0.2, 0) is 17.7 Å². The molecule has 0 saturated carbocycles. The molecule has 1 aliphatic rings. The molecule has 0 aliphatic carbocycles. The lowest BCUT2D eigenvalue weighted by atomic mass is 10.0. The Bertz CT molecular complexity index is 800. The van der Waals surface area contributed by atoms with E-state index in [1.807, 2.05) is 12.1 Å². The van der Waals surface area contributed by atoms with Crippen molar-refractivity contribution in [3.8, 4) is 5.75 Å². The standard InChI is InChI=1S/C22H35N7O2/c1-4-21-27-26-17-29(21)11-10-24-22(23-5-2)25-16-20(28-12-14-31-15-13-28)18-6-8-19(30-3)9-7-18/h6-9,17,20H,4-5,10-16H2,1-3H3,(H2,23,24,25). The minimum Gasteiger partial charge on any atom is -0.497 e. The van der Waals surface area contributed by atoms with Gasteiger partial charge in [-0.3, -0.25) is 9.89 Å². The smallest absolute Gasteiger partial charge is 0.191 e. The highest BCUT2D eigenvalue weighted by molar-refractivity contribution is 5.79. The number of nitrogens with zero attached hydrogens (tertiary/aromatic N) is 5. The molecule has 1 atom stereocenters. The predicted molar refractivity (Wildman–Crippen MR) is 122 cm³/mol. The molecule has 170 valence electrons. The van der Waals surface area contributed by atoms with E-state index in [1.165, 1.54) is 5.56 Å². The molecule has 1 aromatic heterocycles. The van der Waals surface area contributed by atoms with Gasteiger partial charge < -0.3 is 24.7 Å². The van der Waals surface area contributed by atoms with E-state index < -0.39 is 0 Å². The average Bonchev–Trinajstić information content (AvgIpc) is 3.28. The van der Waals surface area contributed by atoms with Gasteiger partial charge in [0.05, 0.1) is 32.9 Å². The van der Waals surface area contributed by atoms with Crippen LogP contribution < -0.4 is 15.4 Å². The third kappa shape index (κ3) is 6.67. The number of benzene rings is 1. The second kappa shape index (κ2) is 12.3. The highest BCUT2D eigenvalue weighted by Gasteiger charge is 2.22. The quantitative estimate of drug-likeness (QED) is 0.437. The van der Waals surface area contributed by atoms with Crippen molar-refractivity contribution in [1.82, 2.24) is 30.3 Å². The first-order valence-electron chi connectivity index (χ1n) is 11.1. The zero-order valence-electron chi connectivity index (χ0n) is 18.9. The summed E-state index contributed by atoms with van der Waals surface area (Å²) in [6, 6.07) is 8.48. The molecule has 2 N–H and O–H groups in total. The van der Waals surface area contributed by atoms with Gasteiger partial charge in [0.25, 0.3) is 0 Å². The number of guanidine groups is 1. The van der Waals surface area contributed by atoms with Crippen molar-refractivity contribution in [3.63, 3.8) is 0 Å². The lowest BCUT2D eigenvalue weighted by Gasteiger charge is -2.34. The van der Waals surface area contributed by atoms with Crippen molar-refractivity contribution < 1.29 is 9.47 Å². The molecule has 1 fully saturated rings. The van der Waals surface area contributed by atoms with Crippen LogP contribution in [0.4, 0.5) is 0 Å². The molecule has 1 saturated heterocycles. The molecule has 2 heterocycles. The van der Waals surface area contributed by atoms with E-state index in [9.17, 15) is 0 Å². The second-order valence-corrected chi connectivity index (χ2v) is 7.38. The number of morpholine rings is 1. The monoisotopic (exact) mass is 429 g/mol. The minimum atomic E-state index is 0.190. The van der Waals surface area contributed by atoms with Gasteiger partial charge in [0.15, 0.2) is 5.96 Å². The Hall–Kier alpha value is -2.65. The van der Waals surface area contributed by atoms with E-state index >= 15 is 0 Å². The van der Waals surface area contributed by atoms with Crippen LogP contribution in [-0.4, -0.2) is 78.7 Å². The Kier molecular flexibility index (Phi) is 9.11. The first-order valence-corrected chi connectivity index (χ1v) is 11.1. The number of rotatable bonds is 10. The summed E-state index contributed by atoms with van der Waals surface area (Å²) in [6.45, 7) is 10.5. The van der Waals surface area contributed by atoms with E-state index in [4.69, 9.17) is 14.5 Å². The lowest BCUT2D eigenvalue weighted by molar-refractivity contribution is 0.0179. The first kappa shape index (κ1) is 23.0. The number of aliphatic imine (C=N–C) groups is 1. The van der Waals surface area contributed by atoms with E-state index in [1.54, 1.807) is 13.4 Å². The van der Waals surface area contributed by atoms with E-state index in [0.29, 0.717) is 6.54 Å². The lowest BCUT2D eigenvalue weighted by Crippen LogP contribution is -2.42. The van der Waals surface area contributed by atoms with Crippen LogP contribution in [0.5, 0.6) is 5.75 Å². The van der Waals surface area contributed by atoms with Gasteiger partial charge in [-0.1, -0.05) is 19.1 Å². The summed E-state index contributed by atoms with van der Waals surface area (Å²) in [4.78, 5) is 7.36. The largest absolute Gasteiger partial charge is 0.497 e. The molecule has 0 radical (unpaired) electrons. The number of aryl methyl sites for hydroxylation is 1. The molecule has 0 amide bonds. The Morgan fingerprint density at radius 2 is 1.97 bits per heavy atom. The van der Waals surface area contributed by atoms with E-state index in [-0.39, 0.29) is 6.04 Å². The summed E-state index contributed by atoms with van der Waals surface area (Å²) in [7, 11) is 1.69. The van der Waals surface area contributed by atoms with Gasteiger partial charge in [0.2, 0.25) is 0 Å². The summed E-state index contributed by atoms with van der Waals surface area (Å²) in [5.74, 6) is 2.68. The van der Waals surface area contributed by atoms with Gasteiger partial charge >= 0.3 is 0 Å². The topological polar surface area (TPSA) is 88.8 Å². The number of aromatic nitrogens is 3. The van der Waals surface area contributed by atoms with Gasteiger partial charge in [-0.05, 0) is 24.6 Å². The molecule has 3 rings (SSSR count). The van der Waals surface area contributed by atoms with Gasteiger partial charge in [-0.15, -0.1) is 10.2 Å². The summed E-state index contributed by atoms with van der Waals surface area (Å²) < 4.78 is 13.0. The molecule has 2 aromatic rings. The first-order chi connectivity index (χ1) is 15.2. The maximum atomic E-state index is 5.56. The molecular weight excluding hydrogens is 394 g/mol. The van der Waals surface area contributed by atoms with Crippen molar-refractivity contribution >= 4 is 5.96 Å². The van der Waals surface area contributed by atoms with Gasteiger partial charge in [0.1, 0.15) is 17.9 Å². The number of hydrogen-bond donors (Lipinski definition) is 2. The summed E-state index contributed by atoms with van der Waals surface area (Å²) in [5.41, 5.74) is 1.24. The Balaban J connectivity index is 1.67. The van der Waals surface area contributed by atoms with Crippen LogP contribution in [0.25, 0.3) is 0 Å². The van der Waals surface area contributed by atoms with Crippen LogP contribution in [0.15, 0.2) is 35.6 Å². The number of hydrogen-bond acceptors (Lipinski definition) is 6. The molecule has 1 aromatic carbocycles. The Morgan fingerprint density at radius 1 is 1.19 bits per heavy atom. The highest BCUT2D eigenvalue weighted by atomic mass is 16.5. The summed E-state index contributed by atoms with van der Waals surface area (Å²) in [6.07, 6.45) is 2.65. The third-order valence-electron chi connectivity index (χ3n) is 5.41. The molecule has 31 heavy (non-hydrogen) atoms. The molecule has 9 heteroatoms. The van der Waals surface area contributed by atoms with Crippen molar-refractivity contribution in [2.45, 2.75) is 32.9 Å². The molecule has 1 aliphatic heterocycles. The number of ether oxygens (including phenoxy) is 2.